The van der Waals surface area contributed by atoms with Crippen LogP contribution in [-0.4, -0.2) is 17.4 Å². The van der Waals surface area contributed by atoms with Gasteiger partial charge in [0.2, 0.25) is 5.91 Å². The minimum Gasteiger partial charge on any atom is -0.325 e. The van der Waals surface area contributed by atoms with Gasteiger partial charge in [0.1, 0.15) is 5.82 Å². The number of ketones is 1. The van der Waals surface area contributed by atoms with Crippen molar-refractivity contribution in [2.45, 2.75) is 31.6 Å². The van der Waals surface area contributed by atoms with Gasteiger partial charge in [0.15, 0.2) is 5.78 Å². The molecule has 3 atom stereocenters. The Labute approximate surface area is 208 Å². The maximum Gasteiger partial charge on any atom is 0.234 e. The SMILES string of the molecule is CC1=NC2=C(C(=O)C[C@H](c3ccccc3)C2)[C@@H](c2ccccc2Cl)C1C(=O)Nc1cccc(F)c1. The minimum atomic E-state index is -0.755. The van der Waals surface area contributed by atoms with E-state index in [0.29, 0.717) is 46.1 Å². The first kappa shape index (κ1) is 23.2. The van der Waals surface area contributed by atoms with Gasteiger partial charge < -0.3 is 5.32 Å². The molecule has 0 saturated heterocycles. The van der Waals surface area contributed by atoms with Crippen molar-refractivity contribution in [3.63, 3.8) is 0 Å². The van der Waals surface area contributed by atoms with Gasteiger partial charge in [-0.2, -0.15) is 0 Å². The van der Waals surface area contributed by atoms with Crippen molar-refractivity contribution in [3.8, 4) is 0 Å². The van der Waals surface area contributed by atoms with Gasteiger partial charge in [0.25, 0.3) is 0 Å². The number of hydrogen-bond acceptors (Lipinski definition) is 3. The highest BCUT2D eigenvalue weighted by Crippen LogP contribution is 2.48. The highest BCUT2D eigenvalue weighted by atomic mass is 35.5. The molecule has 0 aromatic heterocycles. The maximum atomic E-state index is 13.7. The number of nitrogens with zero attached hydrogens (tertiary/aromatic N) is 1. The van der Waals surface area contributed by atoms with E-state index < -0.39 is 17.7 Å². The quantitative estimate of drug-likeness (QED) is 0.446. The molecule has 0 fully saturated rings. The molecule has 5 rings (SSSR count). The van der Waals surface area contributed by atoms with Gasteiger partial charge in [0.05, 0.1) is 5.92 Å². The molecule has 1 aliphatic heterocycles. The summed E-state index contributed by atoms with van der Waals surface area (Å²) in [6.45, 7) is 1.81. The highest BCUT2D eigenvalue weighted by molar-refractivity contribution is 6.31. The zero-order valence-electron chi connectivity index (χ0n) is 19.2. The van der Waals surface area contributed by atoms with Crippen LogP contribution < -0.4 is 5.32 Å². The molecule has 176 valence electrons. The van der Waals surface area contributed by atoms with Gasteiger partial charge in [-0.1, -0.05) is 66.2 Å². The van der Waals surface area contributed by atoms with E-state index in [1.807, 2.05) is 48.5 Å². The second-order valence-corrected chi connectivity index (χ2v) is 9.44. The lowest BCUT2D eigenvalue weighted by molar-refractivity contribution is -0.119. The number of Topliss-reactive ketones (excluding diaryl/α,β-unsaturated/α-hetero) is 1. The molecule has 0 radical (unpaired) electrons. The van der Waals surface area contributed by atoms with Gasteiger partial charge in [-0.3, -0.25) is 14.6 Å². The van der Waals surface area contributed by atoms with E-state index >= 15 is 0 Å². The average Bonchev–Trinajstić information content (AvgIpc) is 2.84. The fourth-order valence-electron chi connectivity index (χ4n) is 5.21. The van der Waals surface area contributed by atoms with Crippen LogP contribution in [0.15, 0.2) is 95.1 Å². The van der Waals surface area contributed by atoms with E-state index in [4.69, 9.17) is 16.6 Å². The van der Waals surface area contributed by atoms with Crippen molar-refractivity contribution < 1.29 is 14.0 Å². The molecule has 35 heavy (non-hydrogen) atoms. The third-order valence-electron chi connectivity index (χ3n) is 6.77. The van der Waals surface area contributed by atoms with E-state index in [9.17, 15) is 14.0 Å². The first-order valence-electron chi connectivity index (χ1n) is 11.6. The standard InChI is InChI=1S/C29H24ClFN2O2/c1-17-26(29(35)33-21-11-7-10-20(31)16-21)27(22-12-5-6-13-23(22)30)28-24(32-17)14-19(15-25(28)34)18-8-3-2-4-9-18/h2-13,16,19,26-27H,14-15H2,1H3,(H,33,35)/t19-,26?,27+/m1/s1. The number of carbonyl (C=O) groups is 2. The molecule has 3 aromatic rings. The van der Waals surface area contributed by atoms with E-state index in [0.717, 1.165) is 5.56 Å². The summed E-state index contributed by atoms with van der Waals surface area (Å²) in [5.41, 5.74) is 4.02. The fraction of sp³-hybridized carbons (Fsp3) is 0.207. The Morgan fingerprint density at radius 2 is 1.74 bits per heavy atom. The largest absolute Gasteiger partial charge is 0.325 e. The zero-order chi connectivity index (χ0) is 24.5. The number of aliphatic imine (C=N–C) groups is 1. The Morgan fingerprint density at radius 3 is 2.49 bits per heavy atom. The number of halogens is 2. The summed E-state index contributed by atoms with van der Waals surface area (Å²) in [4.78, 5) is 32.0. The zero-order valence-corrected chi connectivity index (χ0v) is 19.9. The molecule has 1 unspecified atom stereocenters. The Hall–Kier alpha value is -3.57. The third kappa shape index (κ3) is 4.56. The second-order valence-electron chi connectivity index (χ2n) is 9.03. The van der Waals surface area contributed by atoms with Crippen LogP contribution in [0.4, 0.5) is 10.1 Å². The summed E-state index contributed by atoms with van der Waals surface area (Å²) in [5, 5.41) is 3.30. The summed E-state index contributed by atoms with van der Waals surface area (Å²) < 4.78 is 13.7. The van der Waals surface area contributed by atoms with E-state index in [1.165, 1.54) is 18.2 Å². The van der Waals surface area contributed by atoms with Crippen LogP contribution in [0.5, 0.6) is 0 Å². The predicted molar refractivity (Wildman–Crippen MR) is 136 cm³/mol. The van der Waals surface area contributed by atoms with Crippen LogP contribution in [0.1, 0.15) is 42.7 Å². The van der Waals surface area contributed by atoms with Gasteiger partial charge in [-0.15, -0.1) is 0 Å². The van der Waals surface area contributed by atoms with Gasteiger partial charge in [-0.05, 0) is 54.7 Å². The average molecular weight is 487 g/mol. The van der Waals surface area contributed by atoms with Crippen LogP contribution >= 0.6 is 11.6 Å². The van der Waals surface area contributed by atoms with Gasteiger partial charge in [0, 0.05) is 40.0 Å². The van der Waals surface area contributed by atoms with Crippen molar-refractivity contribution in [3.05, 3.63) is 112 Å². The van der Waals surface area contributed by atoms with Crippen LogP contribution in [-0.2, 0) is 9.59 Å². The molecule has 3 aromatic carbocycles. The number of amides is 1. The predicted octanol–water partition coefficient (Wildman–Crippen LogP) is 6.69. The van der Waals surface area contributed by atoms with E-state index in [1.54, 1.807) is 19.1 Å². The van der Waals surface area contributed by atoms with E-state index in [2.05, 4.69) is 5.32 Å². The van der Waals surface area contributed by atoms with Crippen LogP contribution in [0.25, 0.3) is 0 Å². The lowest BCUT2D eigenvalue weighted by atomic mass is 9.69. The van der Waals surface area contributed by atoms with Crippen molar-refractivity contribution in [2.75, 3.05) is 5.32 Å². The van der Waals surface area contributed by atoms with Crippen molar-refractivity contribution in [2.24, 2.45) is 10.9 Å². The normalized spacial score (nSPS) is 21.9. The molecule has 4 nitrogen and oxygen atoms in total. The lowest BCUT2D eigenvalue weighted by Gasteiger charge is -2.37. The van der Waals surface area contributed by atoms with Crippen LogP contribution in [0.3, 0.4) is 0 Å². The highest BCUT2D eigenvalue weighted by Gasteiger charge is 2.44. The van der Waals surface area contributed by atoms with Crippen molar-refractivity contribution in [1.82, 2.24) is 0 Å². The Balaban J connectivity index is 1.58. The lowest BCUT2D eigenvalue weighted by Crippen LogP contribution is -2.39. The Kier molecular flexibility index (Phi) is 6.35. The topological polar surface area (TPSA) is 58.5 Å². The molecule has 6 heteroatoms. The molecule has 0 spiro atoms. The van der Waals surface area contributed by atoms with Gasteiger partial charge >= 0.3 is 0 Å². The molecular formula is C29H24ClFN2O2. The van der Waals surface area contributed by atoms with Crippen molar-refractivity contribution in [1.29, 1.82) is 0 Å². The smallest absolute Gasteiger partial charge is 0.234 e. The van der Waals surface area contributed by atoms with Crippen LogP contribution in [0.2, 0.25) is 5.02 Å². The minimum absolute atomic E-state index is 0.0233. The van der Waals surface area contributed by atoms with E-state index in [-0.39, 0.29) is 17.6 Å². The molecule has 2 aliphatic rings. The summed E-state index contributed by atoms with van der Waals surface area (Å²) in [6, 6.07) is 23.0. The molecule has 1 N–H and O–H groups in total. The number of nitrogens with one attached hydrogen (secondary N) is 1. The summed E-state index contributed by atoms with van der Waals surface area (Å²) in [7, 11) is 0. The van der Waals surface area contributed by atoms with Crippen molar-refractivity contribution >= 4 is 34.7 Å². The maximum absolute atomic E-state index is 13.7. The molecular weight excluding hydrogens is 463 g/mol. The first-order valence-corrected chi connectivity index (χ1v) is 12.0. The molecule has 0 saturated carbocycles. The summed E-state index contributed by atoms with van der Waals surface area (Å²) in [6.07, 6.45) is 0.957. The monoisotopic (exact) mass is 486 g/mol. The number of rotatable bonds is 4. The molecule has 1 amide bonds. The third-order valence-corrected chi connectivity index (χ3v) is 7.12. The van der Waals surface area contributed by atoms with Gasteiger partial charge in [-0.25, -0.2) is 4.39 Å². The summed E-state index contributed by atoms with van der Waals surface area (Å²) in [5.74, 6) is -2.12. The number of allylic oxidation sites excluding steroid dienone is 2. The molecule has 1 heterocycles. The number of carbonyl (C=O) groups excluding carboxylic acids is 2. The first-order chi connectivity index (χ1) is 16.9. The van der Waals surface area contributed by atoms with Crippen LogP contribution in [0, 0.1) is 11.7 Å². The number of anilines is 1. The molecule has 1 aliphatic carbocycles. The molecule has 0 bridgehead atoms. The second kappa shape index (κ2) is 9.59. The Morgan fingerprint density at radius 1 is 1.00 bits per heavy atom. The Bertz CT molecular complexity index is 1370. The summed E-state index contributed by atoms with van der Waals surface area (Å²) >= 11 is 6.60. The number of benzene rings is 3. The number of hydrogen-bond donors (Lipinski definition) is 1. The fourth-order valence-corrected chi connectivity index (χ4v) is 5.46.